The highest BCUT2D eigenvalue weighted by molar-refractivity contribution is 9.09. The molecule has 1 rings (SSSR count). The summed E-state index contributed by atoms with van der Waals surface area (Å²) in [6, 6.07) is 0. The van der Waals surface area contributed by atoms with E-state index in [1.54, 1.807) is 7.11 Å². The summed E-state index contributed by atoms with van der Waals surface area (Å²) in [5.74, 6) is 0. The van der Waals surface area contributed by atoms with Crippen molar-refractivity contribution in [3.05, 3.63) is 0 Å². The molecule has 1 aliphatic carbocycles. The van der Waals surface area contributed by atoms with Crippen molar-refractivity contribution in [1.82, 2.24) is 0 Å². The Morgan fingerprint density at radius 2 is 2.25 bits per heavy atom. The van der Waals surface area contributed by atoms with Gasteiger partial charge < -0.3 is 9.47 Å². The first-order valence-corrected chi connectivity index (χ1v) is 5.43. The number of rotatable bonds is 4. The van der Waals surface area contributed by atoms with E-state index in [4.69, 9.17) is 9.47 Å². The molecule has 72 valence electrons. The van der Waals surface area contributed by atoms with Crippen molar-refractivity contribution in [3.8, 4) is 0 Å². The van der Waals surface area contributed by atoms with Crippen LogP contribution < -0.4 is 0 Å². The zero-order valence-corrected chi connectivity index (χ0v) is 9.50. The molecular weight excluding hydrogens is 220 g/mol. The Labute approximate surface area is 82.7 Å². The number of hydrogen-bond donors (Lipinski definition) is 0. The van der Waals surface area contributed by atoms with Gasteiger partial charge in [0.25, 0.3) is 0 Å². The van der Waals surface area contributed by atoms with E-state index in [0.717, 1.165) is 12.8 Å². The van der Waals surface area contributed by atoms with Crippen molar-refractivity contribution in [2.24, 2.45) is 0 Å². The minimum atomic E-state index is 0.249. The van der Waals surface area contributed by atoms with Gasteiger partial charge in [-0.3, -0.25) is 0 Å². The van der Waals surface area contributed by atoms with E-state index < -0.39 is 0 Å². The standard InChI is InChI=1S/C9H17BrO2/c1-4-6(2)12-8-5-7(10)9(8)11-3/h6-9H,4-5H2,1-3H3. The van der Waals surface area contributed by atoms with Crippen molar-refractivity contribution in [2.75, 3.05) is 7.11 Å². The van der Waals surface area contributed by atoms with Crippen LogP contribution in [0.25, 0.3) is 0 Å². The molecule has 0 spiro atoms. The molecule has 0 aliphatic heterocycles. The fourth-order valence-electron chi connectivity index (χ4n) is 1.35. The van der Waals surface area contributed by atoms with Crippen LogP contribution in [0.15, 0.2) is 0 Å². The molecule has 4 atom stereocenters. The zero-order chi connectivity index (χ0) is 9.14. The number of alkyl halides is 1. The minimum absolute atomic E-state index is 0.249. The SMILES string of the molecule is CCC(C)OC1CC(Br)C1OC. The van der Waals surface area contributed by atoms with Crippen LogP contribution in [0.5, 0.6) is 0 Å². The molecule has 2 nitrogen and oxygen atoms in total. The van der Waals surface area contributed by atoms with Gasteiger partial charge in [0.05, 0.1) is 18.3 Å². The number of halogens is 1. The van der Waals surface area contributed by atoms with Gasteiger partial charge in [0, 0.05) is 11.9 Å². The predicted octanol–water partition coefficient (Wildman–Crippen LogP) is 2.35. The number of hydrogen-bond acceptors (Lipinski definition) is 2. The maximum atomic E-state index is 5.75. The van der Waals surface area contributed by atoms with Gasteiger partial charge >= 0.3 is 0 Å². The second kappa shape index (κ2) is 4.58. The Hall–Kier alpha value is 0.400. The molecule has 1 saturated carbocycles. The molecule has 0 N–H and O–H groups in total. The highest BCUT2D eigenvalue weighted by Crippen LogP contribution is 2.33. The molecule has 12 heavy (non-hydrogen) atoms. The smallest absolute Gasteiger partial charge is 0.0958 e. The first-order valence-electron chi connectivity index (χ1n) is 4.51. The van der Waals surface area contributed by atoms with Crippen LogP contribution in [0, 0.1) is 0 Å². The highest BCUT2D eigenvalue weighted by Gasteiger charge is 2.41. The van der Waals surface area contributed by atoms with E-state index in [2.05, 4.69) is 29.8 Å². The molecule has 0 amide bonds. The first kappa shape index (κ1) is 10.5. The van der Waals surface area contributed by atoms with Crippen molar-refractivity contribution >= 4 is 15.9 Å². The van der Waals surface area contributed by atoms with Crippen LogP contribution in [-0.4, -0.2) is 30.2 Å². The molecule has 1 aliphatic rings. The molecule has 4 unspecified atom stereocenters. The quantitative estimate of drug-likeness (QED) is 0.699. The van der Waals surface area contributed by atoms with Crippen LogP contribution >= 0.6 is 15.9 Å². The van der Waals surface area contributed by atoms with E-state index in [9.17, 15) is 0 Å². The molecule has 0 aromatic carbocycles. The second-order valence-corrected chi connectivity index (χ2v) is 4.52. The summed E-state index contributed by atoms with van der Waals surface area (Å²) in [6.45, 7) is 4.24. The lowest BCUT2D eigenvalue weighted by Gasteiger charge is -2.41. The molecule has 0 aromatic heterocycles. The summed E-state index contributed by atoms with van der Waals surface area (Å²) < 4.78 is 11.0. The largest absolute Gasteiger partial charge is 0.378 e. The summed E-state index contributed by atoms with van der Waals surface area (Å²) >= 11 is 3.53. The first-order chi connectivity index (χ1) is 5.69. The molecule has 0 saturated heterocycles. The normalized spacial score (nSPS) is 37.5. The van der Waals surface area contributed by atoms with Gasteiger partial charge in [-0.05, 0) is 19.8 Å². The summed E-state index contributed by atoms with van der Waals surface area (Å²) in [5.41, 5.74) is 0. The second-order valence-electron chi connectivity index (χ2n) is 3.35. The summed E-state index contributed by atoms with van der Waals surface area (Å²) in [7, 11) is 1.74. The fraction of sp³-hybridized carbons (Fsp3) is 1.00. The zero-order valence-electron chi connectivity index (χ0n) is 7.92. The Balaban J connectivity index is 2.26. The van der Waals surface area contributed by atoms with Gasteiger partial charge in [-0.15, -0.1) is 0 Å². The lowest BCUT2D eigenvalue weighted by molar-refractivity contribution is -0.130. The van der Waals surface area contributed by atoms with Crippen LogP contribution in [0.2, 0.25) is 0 Å². The Morgan fingerprint density at radius 1 is 1.58 bits per heavy atom. The van der Waals surface area contributed by atoms with E-state index in [0.29, 0.717) is 17.0 Å². The van der Waals surface area contributed by atoms with Gasteiger partial charge in [0.1, 0.15) is 0 Å². The van der Waals surface area contributed by atoms with Gasteiger partial charge in [0.15, 0.2) is 0 Å². The van der Waals surface area contributed by atoms with Crippen molar-refractivity contribution < 1.29 is 9.47 Å². The maximum absolute atomic E-state index is 5.75. The van der Waals surface area contributed by atoms with E-state index >= 15 is 0 Å². The topological polar surface area (TPSA) is 18.5 Å². The van der Waals surface area contributed by atoms with E-state index in [-0.39, 0.29) is 6.10 Å². The molecule has 0 aromatic rings. The van der Waals surface area contributed by atoms with E-state index in [1.807, 2.05) is 0 Å². The molecule has 1 fully saturated rings. The lowest BCUT2D eigenvalue weighted by Crippen LogP contribution is -2.51. The molecule has 0 radical (unpaired) electrons. The van der Waals surface area contributed by atoms with Crippen molar-refractivity contribution in [2.45, 2.75) is 49.8 Å². The van der Waals surface area contributed by atoms with Gasteiger partial charge in [0.2, 0.25) is 0 Å². The van der Waals surface area contributed by atoms with Crippen LogP contribution in [0.1, 0.15) is 26.7 Å². The molecule has 3 heteroatoms. The molecule has 0 bridgehead atoms. The van der Waals surface area contributed by atoms with E-state index in [1.165, 1.54) is 0 Å². The van der Waals surface area contributed by atoms with Crippen LogP contribution in [0.3, 0.4) is 0 Å². The van der Waals surface area contributed by atoms with Gasteiger partial charge in [-0.25, -0.2) is 0 Å². The van der Waals surface area contributed by atoms with Crippen molar-refractivity contribution in [3.63, 3.8) is 0 Å². The Bertz CT molecular complexity index is 140. The van der Waals surface area contributed by atoms with Gasteiger partial charge in [-0.2, -0.15) is 0 Å². The summed E-state index contributed by atoms with van der Waals surface area (Å²) in [6.07, 6.45) is 3.05. The molecular formula is C9H17BrO2. The summed E-state index contributed by atoms with van der Waals surface area (Å²) in [4.78, 5) is 0.483. The third-order valence-electron chi connectivity index (χ3n) is 2.43. The lowest BCUT2D eigenvalue weighted by atomic mass is 9.91. The Morgan fingerprint density at radius 3 is 2.67 bits per heavy atom. The minimum Gasteiger partial charge on any atom is -0.378 e. The number of methoxy groups -OCH3 is 1. The highest BCUT2D eigenvalue weighted by atomic mass is 79.9. The average Bonchev–Trinajstić information content (AvgIpc) is 2.04. The monoisotopic (exact) mass is 236 g/mol. The number of ether oxygens (including phenoxy) is 2. The third-order valence-corrected chi connectivity index (χ3v) is 3.33. The Kier molecular flexibility index (Phi) is 4.00. The van der Waals surface area contributed by atoms with Crippen LogP contribution in [-0.2, 0) is 9.47 Å². The van der Waals surface area contributed by atoms with Crippen molar-refractivity contribution in [1.29, 1.82) is 0 Å². The third kappa shape index (κ3) is 2.21. The predicted molar refractivity (Wildman–Crippen MR) is 52.8 cm³/mol. The van der Waals surface area contributed by atoms with Gasteiger partial charge in [-0.1, -0.05) is 22.9 Å². The molecule has 0 heterocycles. The average molecular weight is 237 g/mol. The maximum Gasteiger partial charge on any atom is 0.0958 e. The van der Waals surface area contributed by atoms with Crippen LogP contribution in [0.4, 0.5) is 0 Å². The summed E-state index contributed by atoms with van der Waals surface area (Å²) in [5, 5.41) is 0. The fourth-order valence-corrected chi connectivity index (χ4v) is 2.28.